The number of benzene rings is 2. The van der Waals surface area contributed by atoms with Crippen LogP contribution in [-0.4, -0.2) is 5.11 Å². The van der Waals surface area contributed by atoms with Crippen molar-refractivity contribution in [2.45, 2.75) is 38.7 Å². The van der Waals surface area contributed by atoms with Crippen molar-refractivity contribution in [3.63, 3.8) is 0 Å². The van der Waals surface area contributed by atoms with Crippen LogP contribution in [0.1, 0.15) is 43.6 Å². The Hall–Kier alpha value is -1.38. The van der Waals surface area contributed by atoms with Crippen LogP contribution in [-0.2, 0) is 11.8 Å². The first kappa shape index (κ1) is 16.0. The quantitative estimate of drug-likeness (QED) is 0.841. The normalized spacial score (nSPS) is 13.2. The van der Waals surface area contributed by atoms with Gasteiger partial charge in [0.2, 0.25) is 0 Å². The van der Waals surface area contributed by atoms with Gasteiger partial charge in [-0.2, -0.15) is 0 Å². The van der Waals surface area contributed by atoms with Gasteiger partial charge in [0.15, 0.2) is 0 Å². The van der Waals surface area contributed by atoms with Gasteiger partial charge in [-0.25, -0.2) is 4.39 Å². The number of hydrogen-bond acceptors (Lipinski definition) is 1. The molecule has 0 saturated heterocycles. The van der Waals surface area contributed by atoms with Crippen LogP contribution in [0.3, 0.4) is 0 Å². The van der Waals surface area contributed by atoms with Crippen molar-refractivity contribution in [1.29, 1.82) is 0 Å². The van der Waals surface area contributed by atoms with E-state index in [-0.39, 0.29) is 17.7 Å². The summed E-state index contributed by atoms with van der Waals surface area (Å²) < 4.78 is 13.8. The Bertz CT molecular complexity index is 594. The molecule has 1 atom stereocenters. The monoisotopic (exact) mass is 306 g/mol. The van der Waals surface area contributed by atoms with Crippen LogP contribution < -0.4 is 0 Å². The average Bonchev–Trinajstić information content (AvgIpc) is 2.42. The van der Waals surface area contributed by atoms with Gasteiger partial charge in [-0.05, 0) is 28.7 Å². The highest BCUT2D eigenvalue weighted by Gasteiger charge is 2.17. The molecule has 0 aromatic heterocycles. The van der Waals surface area contributed by atoms with Crippen molar-refractivity contribution in [3.8, 4) is 0 Å². The third-order valence-electron chi connectivity index (χ3n) is 3.62. The highest BCUT2D eigenvalue weighted by Crippen LogP contribution is 2.28. The van der Waals surface area contributed by atoms with Gasteiger partial charge in [0.1, 0.15) is 5.82 Å². The number of halogens is 2. The Labute approximate surface area is 130 Å². The zero-order chi connectivity index (χ0) is 15.6. The fourth-order valence-corrected chi connectivity index (χ4v) is 2.48. The summed E-state index contributed by atoms with van der Waals surface area (Å²) in [6.45, 7) is 6.41. The van der Waals surface area contributed by atoms with Crippen LogP contribution in [0.2, 0.25) is 5.02 Å². The van der Waals surface area contributed by atoms with Gasteiger partial charge in [0.25, 0.3) is 0 Å². The first-order chi connectivity index (χ1) is 9.79. The van der Waals surface area contributed by atoms with E-state index in [9.17, 15) is 9.50 Å². The lowest BCUT2D eigenvalue weighted by Crippen LogP contribution is -2.11. The van der Waals surface area contributed by atoms with Crippen molar-refractivity contribution in [3.05, 3.63) is 70.0 Å². The molecule has 0 radical (unpaired) electrons. The second kappa shape index (κ2) is 6.17. The van der Waals surface area contributed by atoms with Crippen LogP contribution in [0.4, 0.5) is 4.39 Å². The molecule has 112 valence electrons. The standard InChI is InChI=1S/C18H20ClFO/c1-18(2,3)13-9-7-12(8-10-13)17(21)11-14-15(19)5-4-6-16(14)20/h4-10,17,21H,11H2,1-3H3. The maximum Gasteiger partial charge on any atom is 0.127 e. The maximum absolute atomic E-state index is 13.8. The lowest BCUT2D eigenvalue weighted by Gasteiger charge is -2.20. The molecule has 0 aliphatic rings. The van der Waals surface area contributed by atoms with E-state index >= 15 is 0 Å². The fraction of sp³-hybridized carbons (Fsp3) is 0.333. The Morgan fingerprint density at radius 2 is 1.71 bits per heavy atom. The maximum atomic E-state index is 13.8. The minimum absolute atomic E-state index is 0.0678. The number of hydrogen-bond donors (Lipinski definition) is 1. The Morgan fingerprint density at radius 3 is 2.24 bits per heavy atom. The summed E-state index contributed by atoms with van der Waals surface area (Å²) in [6, 6.07) is 12.3. The third kappa shape index (κ3) is 3.84. The molecular formula is C18H20ClFO. The second-order valence-corrected chi connectivity index (χ2v) is 6.70. The summed E-state index contributed by atoms with van der Waals surface area (Å²) >= 11 is 6.00. The number of aliphatic hydroxyl groups excluding tert-OH is 1. The van der Waals surface area contributed by atoms with Gasteiger partial charge < -0.3 is 5.11 Å². The largest absolute Gasteiger partial charge is 0.388 e. The molecule has 2 aromatic carbocycles. The van der Waals surface area contributed by atoms with Crippen molar-refractivity contribution >= 4 is 11.6 Å². The molecule has 0 saturated carbocycles. The van der Waals surface area contributed by atoms with Crippen LogP contribution in [0.15, 0.2) is 42.5 Å². The molecule has 1 N–H and O–H groups in total. The predicted molar refractivity (Wildman–Crippen MR) is 85.2 cm³/mol. The highest BCUT2D eigenvalue weighted by atomic mass is 35.5. The molecule has 0 bridgehead atoms. The zero-order valence-electron chi connectivity index (χ0n) is 12.5. The van der Waals surface area contributed by atoms with E-state index in [4.69, 9.17) is 11.6 Å². The first-order valence-corrected chi connectivity index (χ1v) is 7.38. The lowest BCUT2D eigenvalue weighted by molar-refractivity contribution is 0.177. The fourth-order valence-electron chi connectivity index (χ4n) is 2.24. The van der Waals surface area contributed by atoms with Gasteiger partial charge in [0.05, 0.1) is 6.10 Å². The van der Waals surface area contributed by atoms with E-state index in [1.165, 1.54) is 11.6 Å². The molecule has 1 unspecified atom stereocenters. The van der Waals surface area contributed by atoms with E-state index in [1.807, 2.05) is 24.3 Å². The summed E-state index contributed by atoms with van der Waals surface area (Å²) in [6.07, 6.45) is -0.603. The van der Waals surface area contributed by atoms with Gasteiger partial charge in [-0.3, -0.25) is 0 Å². The smallest absolute Gasteiger partial charge is 0.127 e. The van der Waals surface area contributed by atoms with Crippen molar-refractivity contribution in [1.82, 2.24) is 0 Å². The Kier molecular flexibility index (Phi) is 4.70. The summed E-state index contributed by atoms with van der Waals surface area (Å²) in [5, 5.41) is 10.6. The van der Waals surface area contributed by atoms with E-state index < -0.39 is 6.10 Å². The average molecular weight is 307 g/mol. The van der Waals surface area contributed by atoms with Crippen molar-refractivity contribution < 1.29 is 9.50 Å². The summed E-state index contributed by atoms with van der Waals surface area (Å²) in [4.78, 5) is 0. The minimum Gasteiger partial charge on any atom is -0.388 e. The van der Waals surface area contributed by atoms with Gasteiger partial charge in [-0.1, -0.05) is 62.7 Å². The molecule has 0 aliphatic heterocycles. The molecule has 0 heterocycles. The SMILES string of the molecule is CC(C)(C)c1ccc(C(O)Cc2c(F)cccc2Cl)cc1. The molecule has 1 nitrogen and oxygen atoms in total. The first-order valence-electron chi connectivity index (χ1n) is 7.00. The van der Waals surface area contributed by atoms with E-state index in [0.29, 0.717) is 10.6 Å². The van der Waals surface area contributed by atoms with Gasteiger partial charge >= 0.3 is 0 Å². The van der Waals surface area contributed by atoms with E-state index in [1.54, 1.807) is 12.1 Å². The van der Waals surface area contributed by atoms with Crippen LogP contribution in [0.25, 0.3) is 0 Å². The second-order valence-electron chi connectivity index (χ2n) is 6.29. The topological polar surface area (TPSA) is 20.2 Å². The minimum atomic E-state index is -0.770. The molecule has 21 heavy (non-hydrogen) atoms. The molecule has 3 heteroatoms. The molecule has 0 aliphatic carbocycles. The molecule has 2 aromatic rings. The molecular weight excluding hydrogens is 287 g/mol. The van der Waals surface area contributed by atoms with Gasteiger partial charge in [-0.15, -0.1) is 0 Å². The molecule has 2 rings (SSSR count). The highest BCUT2D eigenvalue weighted by molar-refractivity contribution is 6.31. The lowest BCUT2D eigenvalue weighted by atomic mass is 9.86. The van der Waals surface area contributed by atoms with Crippen LogP contribution >= 0.6 is 11.6 Å². The van der Waals surface area contributed by atoms with Crippen LogP contribution in [0, 0.1) is 5.82 Å². The number of aliphatic hydroxyl groups is 1. The molecule has 0 fully saturated rings. The Morgan fingerprint density at radius 1 is 1.10 bits per heavy atom. The van der Waals surface area contributed by atoms with Crippen molar-refractivity contribution in [2.24, 2.45) is 0 Å². The van der Waals surface area contributed by atoms with Crippen molar-refractivity contribution in [2.75, 3.05) is 0 Å². The van der Waals surface area contributed by atoms with Crippen LogP contribution in [0.5, 0.6) is 0 Å². The predicted octanol–water partition coefficient (Wildman–Crippen LogP) is 5.05. The number of rotatable bonds is 3. The Balaban J connectivity index is 2.19. The molecule has 0 amide bonds. The third-order valence-corrected chi connectivity index (χ3v) is 3.97. The van der Waals surface area contributed by atoms with E-state index in [2.05, 4.69) is 20.8 Å². The van der Waals surface area contributed by atoms with Gasteiger partial charge in [0, 0.05) is 17.0 Å². The summed E-state index contributed by atoms with van der Waals surface area (Å²) in [5.74, 6) is -0.382. The zero-order valence-corrected chi connectivity index (χ0v) is 13.3. The van der Waals surface area contributed by atoms with E-state index in [0.717, 1.165) is 5.56 Å². The summed E-state index contributed by atoms with van der Waals surface area (Å²) in [5.41, 5.74) is 2.38. The molecule has 0 spiro atoms. The summed E-state index contributed by atoms with van der Waals surface area (Å²) in [7, 11) is 0.